The van der Waals surface area contributed by atoms with Gasteiger partial charge in [-0.3, -0.25) is 9.59 Å². The normalized spacial score (nSPS) is 10.3. The van der Waals surface area contributed by atoms with Gasteiger partial charge in [0, 0.05) is 29.9 Å². The molecule has 0 unspecified atom stereocenters. The van der Waals surface area contributed by atoms with Crippen molar-refractivity contribution in [1.82, 2.24) is 4.90 Å². The Labute approximate surface area is 177 Å². The first-order valence-electron chi connectivity index (χ1n) is 10.1. The Bertz CT molecular complexity index is 981. The van der Waals surface area contributed by atoms with Crippen molar-refractivity contribution in [3.8, 4) is 5.75 Å². The molecule has 3 aromatic carbocycles. The van der Waals surface area contributed by atoms with E-state index in [-0.39, 0.29) is 11.8 Å². The molecule has 154 valence electrons. The van der Waals surface area contributed by atoms with Crippen molar-refractivity contribution in [2.75, 3.05) is 18.4 Å². The monoisotopic (exact) mass is 402 g/mol. The molecule has 0 bridgehead atoms. The Morgan fingerprint density at radius 2 is 1.53 bits per heavy atom. The van der Waals surface area contributed by atoms with Gasteiger partial charge in [0.25, 0.3) is 11.8 Å². The van der Waals surface area contributed by atoms with Gasteiger partial charge in [-0.25, -0.2) is 0 Å². The lowest BCUT2D eigenvalue weighted by Crippen LogP contribution is -2.30. The molecule has 0 aliphatic heterocycles. The lowest BCUT2D eigenvalue weighted by Gasteiger charge is -2.18. The predicted molar refractivity (Wildman–Crippen MR) is 119 cm³/mol. The van der Waals surface area contributed by atoms with Crippen molar-refractivity contribution in [1.29, 1.82) is 0 Å². The molecule has 0 aromatic heterocycles. The summed E-state index contributed by atoms with van der Waals surface area (Å²) >= 11 is 0. The molecule has 0 radical (unpaired) electrons. The third-order valence-electron chi connectivity index (χ3n) is 4.78. The van der Waals surface area contributed by atoms with E-state index in [9.17, 15) is 9.59 Å². The summed E-state index contributed by atoms with van der Waals surface area (Å²) in [5.74, 6) is 0.385. The van der Waals surface area contributed by atoms with Crippen LogP contribution in [0.1, 0.15) is 40.1 Å². The first kappa shape index (κ1) is 21.1. The summed E-state index contributed by atoms with van der Waals surface area (Å²) in [6, 6.07) is 23.9. The first-order valence-corrected chi connectivity index (χ1v) is 10.1. The Hall–Kier alpha value is -3.60. The molecule has 0 atom stereocenters. The second-order valence-electron chi connectivity index (χ2n) is 6.81. The number of hydrogen-bond donors (Lipinski definition) is 1. The number of nitrogens with zero attached hydrogens (tertiary/aromatic N) is 1. The van der Waals surface area contributed by atoms with Gasteiger partial charge in [0.05, 0.1) is 0 Å². The van der Waals surface area contributed by atoms with E-state index in [0.29, 0.717) is 42.3 Å². The molecule has 0 aliphatic carbocycles. The Balaban J connectivity index is 1.62. The maximum absolute atomic E-state index is 12.6. The summed E-state index contributed by atoms with van der Waals surface area (Å²) in [4.78, 5) is 26.8. The van der Waals surface area contributed by atoms with Crippen LogP contribution in [0, 0.1) is 0 Å². The third-order valence-corrected chi connectivity index (χ3v) is 4.78. The van der Waals surface area contributed by atoms with Gasteiger partial charge in [-0.15, -0.1) is 0 Å². The molecule has 0 saturated heterocycles. The molecule has 5 heteroatoms. The highest BCUT2D eigenvalue weighted by Crippen LogP contribution is 2.18. The van der Waals surface area contributed by atoms with Gasteiger partial charge >= 0.3 is 0 Å². The number of hydrogen-bond acceptors (Lipinski definition) is 3. The van der Waals surface area contributed by atoms with Crippen LogP contribution in [0.5, 0.6) is 5.75 Å². The minimum Gasteiger partial charge on any atom is -0.489 e. The highest BCUT2D eigenvalue weighted by molar-refractivity contribution is 6.04. The van der Waals surface area contributed by atoms with E-state index in [0.717, 1.165) is 5.56 Å². The summed E-state index contributed by atoms with van der Waals surface area (Å²) in [7, 11) is 0. The highest BCUT2D eigenvalue weighted by atomic mass is 16.5. The summed E-state index contributed by atoms with van der Waals surface area (Å²) in [6.45, 7) is 5.67. The molecule has 3 rings (SSSR count). The van der Waals surface area contributed by atoms with Gasteiger partial charge in [0.1, 0.15) is 12.4 Å². The topological polar surface area (TPSA) is 58.6 Å². The minimum absolute atomic E-state index is 0.0128. The fourth-order valence-electron chi connectivity index (χ4n) is 3.06. The lowest BCUT2D eigenvalue weighted by atomic mass is 10.1. The van der Waals surface area contributed by atoms with E-state index in [1.165, 1.54) is 0 Å². The van der Waals surface area contributed by atoms with E-state index in [1.807, 2.05) is 50.2 Å². The smallest absolute Gasteiger partial charge is 0.255 e. The standard InChI is InChI=1S/C25H26N2O3/c1-3-27(4-2)25(29)20-13-15-22(16-14-20)26-24(28)21-11-8-12-23(17-21)30-18-19-9-6-5-7-10-19/h5-17H,3-4,18H2,1-2H3,(H,26,28). The van der Waals surface area contributed by atoms with Crippen LogP contribution in [0.4, 0.5) is 5.69 Å². The fourth-order valence-corrected chi connectivity index (χ4v) is 3.06. The van der Waals surface area contributed by atoms with Crippen LogP contribution in [0.15, 0.2) is 78.9 Å². The van der Waals surface area contributed by atoms with E-state index in [1.54, 1.807) is 47.4 Å². The zero-order valence-electron chi connectivity index (χ0n) is 17.3. The zero-order valence-corrected chi connectivity index (χ0v) is 17.3. The molecule has 0 fully saturated rings. The second-order valence-corrected chi connectivity index (χ2v) is 6.81. The maximum Gasteiger partial charge on any atom is 0.255 e. The molecule has 0 saturated carbocycles. The van der Waals surface area contributed by atoms with Crippen molar-refractivity contribution >= 4 is 17.5 Å². The quantitative estimate of drug-likeness (QED) is 0.577. The molecule has 30 heavy (non-hydrogen) atoms. The van der Waals surface area contributed by atoms with Gasteiger partial charge in [-0.05, 0) is 61.9 Å². The molecule has 1 N–H and O–H groups in total. The summed E-state index contributed by atoms with van der Waals surface area (Å²) in [5, 5.41) is 2.86. The van der Waals surface area contributed by atoms with Crippen LogP contribution in [-0.2, 0) is 6.61 Å². The summed E-state index contributed by atoms with van der Waals surface area (Å²) in [6.07, 6.45) is 0. The van der Waals surface area contributed by atoms with Crippen molar-refractivity contribution < 1.29 is 14.3 Å². The van der Waals surface area contributed by atoms with Crippen LogP contribution in [0.3, 0.4) is 0 Å². The van der Waals surface area contributed by atoms with Crippen molar-refractivity contribution in [2.45, 2.75) is 20.5 Å². The molecule has 0 spiro atoms. The van der Waals surface area contributed by atoms with Crippen molar-refractivity contribution in [2.24, 2.45) is 0 Å². The zero-order chi connectivity index (χ0) is 21.3. The largest absolute Gasteiger partial charge is 0.489 e. The molecular formula is C25H26N2O3. The van der Waals surface area contributed by atoms with Crippen LogP contribution in [-0.4, -0.2) is 29.8 Å². The molecular weight excluding hydrogens is 376 g/mol. The van der Waals surface area contributed by atoms with E-state index >= 15 is 0 Å². The number of carbonyl (C=O) groups is 2. The van der Waals surface area contributed by atoms with Crippen molar-refractivity contribution in [3.63, 3.8) is 0 Å². The number of benzene rings is 3. The lowest BCUT2D eigenvalue weighted by molar-refractivity contribution is 0.0773. The summed E-state index contributed by atoms with van der Waals surface area (Å²) in [5.41, 5.74) is 2.80. The number of ether oxygens (including phenoxy) is 1. The Morgan fingerprint density at radius 3 is 2.20 bits per heavy atom. The van der Waals surface area contributed by atoms with E-state index in [4.69, 9.17) is 4.74 Å². The molecule has 0 heterocycles. The first-order chi connectivity index (χ1) is 14.6. The average molecular weight is 402 g/mol. The summed E-state index contributed by atoms with van der Waals surface area (Å²) < 4.78 is 5.80. The average Bonchev–Trinajstić information content (AvgIpc) is 2.80. The number of amides is 2. The van der Waals surface area contributed by atoms with Gasteiger partial charge in [-0.2, -0.15) is 0 Å². The van der Waals surface area contributed by atoms with Gasteiger partial charge in [0.2, 0.25) is 0 Å². The minimum atomic E-state index is -0.233. The van der Waals surface area contributed by atoms with E-state index in [2.05, 4.69) is 5.32 Å². The van der Waals surface area contributed by atoms with E-state index < -0.39 is 0 Å². The second kappa shape index (κ2) is 10.3. The molecule has 3 aromatic rings. The number of anilines is 1. The van der Waals surface area contributed by atoms with Crippen LogP contribution < -0.4 is 10.1 Å². The SMILES string of the molecule is CCN(CC)C(=O)c1ccc(NC(=O)c2cccc(OCc3ccccc3)c2)cc1. The molecule has 2 amide bonds. The number of nitrogens with one attached hydrogen (secondary N) is 1. The number of carbonyl (C=O) groups excluding carboxylic acids is 2. The highest BCUT2D eigenvalue weighted by Gasteiger charge is 2.13. The van der Waals surface area contributed by atoms with Crippen molar-refractivity contribution in [3.05, 3.63) is 95.6 Å². The molecule has 0 aliphatic rings. The van der Waals surface area contributed by atoms with Gasteiger partial charge in [0.15, 0.2) is 0 Å². The fraction of sp³-hybridized carbons (Fsp3) is 0.200. The van der Waals surface area contributed by atoms with Gasteiger partial charge < -0.3 is 15.0 Å². The van der Waals surface area contributed by atoms with Crippen LogP contribution in [0.25, 0.3) is 0 Å². The van der Waals surface area contributed by atoms with Crippen LogP contribution >= 0.6 is 0 Å². The van der Waals surface area contributed by atoms with Crippen LogP contribution in [0.2, 0.25) is 0 Å². The number of rotatable bonds is 8. The van der Waals surface area contributed by atoms with Gasteiger partial charge in [-0.1, -0.05) is 36.4 Å². The maximum atomic E-state index is 12.6. The third kappa shape index (κ3) is 5.47. The predicted octanol–water partition coefficient (Wildman–Crippen LogP) is 5.00. The Morgan fingerprint density at radius 1 is 0.833 bits per heavy atom. The Kier molecular flexibility index (Phi) is 7.22. The molecule has 5 nitrogen and oxygen atoms in total.